The van der Waals surface area contributed by atoms with Crippen LogP contribution in [0.4, 0.5) is 0 Å². The summed E-state index contributed by atoms with van der Waals surface area (Å²) in [5.74, 6) is 1.14. The highest BCUT2D eigenvalue weighted by molar-refractivity contribution is 14.0. The Bertz CT molecular complexity index is 264. The normalized spacial score (nSPS) is 13.5. The van der Waals surface area contributed by atoms with Crippen LogP contribution in [-0.2, 0) is 4.74 Å². The summed E-state index contributed by atoms with van der Waals surface area (Å²) in [6.45, 7) is 5.38. The van der Waals surface area contributed by atoms with Gasteiger partial charge in [-0.15, -0.1) is 35.7 Å². The summed E-state index contributed by atoms with van der Waals surface area (Å²) in [4.78, 5) is 2.38. The molecule has 0 aromatic heterocycles. The molecule has 0 fully saturated rings. The van der Waals surface area contributed by atoms with Crippen LogP contribution in [0.5, 0.6) is 0 Å². The van der Waals surface area contributed by atoms with Crippen LogP contribution in [0.3, 0.4) is 0 Å². The first-order valence-electron chi connectivity index (χ1n) is 9.53. The van der Waals surface area contributed by atoms with E-state index >= 15 is 0 Å². The van der Waals surface area contributed by atoms with Gasteiger partial charge in [-0.2, -0.15) is 0 Å². The molecule has 0 radical (unpaired) electrons. The van der Waals surface area contributed by atoms with Crippen molar-refractivity contribution in [2.24, 2.45) is 0 Å². The Morgan fingerprint density at radius 1 is 0.826 bits per heavy atom. The van der Waals surface area contributed by atoms with Crippen molar-refractivity contribution in [2.45, 2.75) is 84.0 Å². The van der Waals surface area contributed by atoms with Crippen molar-refractivity contribution in [1.82, 2.24) is 4.90 Å². The van der Waals surface area contributed by atoms with E-state index in [9.17, 15) is 0 Å². The van der Waals surface area contributed by atoms with E-state index in [1.54, 1.807) is 0 Å². The Morgan fingerprint density at radius 3 is 1.96 bits per heavy atom. The van der Waals surface area contributed by atoms with E-state index in [1.165, 1.54) is 83.6 Å². The van der Waals surface area contributed by atoms with Crippen LogP contribution in [0, 0.1) is 0 Å². The number of hydrogen-bond donors (Lipinski definition) is 0. The van der Waals surface area contributed by atoms with E-state index in [1.807, 2.05) is 11.8 Å². The second-order valence-electron chi connectivity index (χ2n) is 6.39. The van der Waals surface area contributed by atoms with Crippen LogP contribution >= 0.6 is 35.7 Å². The van der Waals surface area contributed by atoms with E-state index in [-0.39, 0.29) is 24.0 Å². The molecule has 2 nitrogen and oxygen atoms in total. The lowest BCUT2D eigenvalue weighted by atomic mass is 10.1. The molecule has 0 atom stereocenters. The van der Waals surface area contributed by atoms with Gasteiger partial charge in [0.1, 0.15) is 0 Å². The molecule has 0 aromatic rings. The summed E-state index contributed by atoms with van der Waals surface area (Å²) in [6.07, 6.45) is 18.6. The second-order valence-corrected chi connectivity index (χ2v) is 7.26. The third kappa shape index (κ3) is 15.8. The molecular weight excluding hydrogens is 417 g/mol. The van der Waals surface area contributed by atoms with Gasteiger partial charge in [-0.3, -0.25) is 0 Å². The summed E-state index contributed by atoms with van der Waals surface area (Å²) in [5.41, 5.74) is 0. The molecule has 23 heavy (non-hydrogen) atoms. The number of nitrogens with zero attached hydrogens (tertiary/aromatic N) is 1. The maximum absolute atomic E-state index is 5.73. The first kappa shape index (κ1) is 23.6. The van der Waals surface area contributed by atoms with Crippen LogP contribution in [0.25, 0.3) is 0 Å². The SMILES string of the molecule is CCCCCCCCCCCCOCCCCN1C=CSC1.I. The molecule has 1 rings (SSSR count). The minimum atomic E-state index is 0. The molecule has 1 aliphatic rings. The lowest BCUT2D eigenvalue weighted by molar-refractivity contribution is 0.125. The van der Waals surface area contributed by atoms with E-state index in [2.05, 4.69) is 23.4 Å². The van der Waals surface area contributed by atoms with Gasteiger partial charge in [-0.1, -0.05) is 64.7 Å². The monoisotopic (exact) mass is 455 g/mol. The Morgan fingerprint density at radius 2 is 1.39 bits per heavy atom. The average Bonchev–Trinajstić information content (AvgIpc) is 3.04. The molecule has 0 aromatic carbocycles. The van der Waals surface area contributed by atoms with Crippen LogP contribution < -0.4 is 0 Å². The molecule has 0 N–H and O–H groups in total. The van der Waals surface area contributed by atoms with Crippen molar-refractivity contribution in [1.29, 1.82) is 0 Å². The Balaban J connectivity index is 0.00000484. The Kier molecular flexibility index (Phi) is 19.4. The van der Waals surface area contributed by atoms with Crippen LogP contribution in [0.2, 0.25) is 0 Å². The maximum Gasteiger partial charge on any atom is 0.0675 e. The molecule has 0 saturated carbocycles. The minimum absolute atomic E-state index is 0. The number of thioether (sulfide) groups is 1. The first-order chi connectivity index (χ1) is 10.9. The van der Waals surface area contributed by atoms with Gasteiger partial charge in [0.05, 0.1) is 5.88 Å². The summed E-state index contributed by atoms with van der Waals surface area (Å²) in [7, 11) is 0. The summed E-state index contributed by atoms with van der Waals surface area (Å²) in [6, 6.07) is 0. The molecule has 0 amide bonds. The predicted octanol–water partition coefficient (Wildman–Crippen LogP) is 6.80. The predicted molar refractivity (Wildman–Crippen MR) is 116 cm³/mol. The Labute approximate surface area is 166 Å². The van der Waals surface area contributed by atoms with Crippen molar-refractivity contribution in [3.63, 3.8) is 0 Å². The number of unbranched alkanes of at least 4 members (excludes halogenated alkanes) is 10. The fourth-order valence-electron chi connectivity index (χ4n) is 2.76. The highest BCUT2D eigenvalue weighted by atomic mass is 127. The zero-order valence-electron chi connectivity index (χ0n) is 15.1. The molecule has 0 aliphatic carbocycles. The smallest absolute Gasteiger partial charge is 0.0675 e. The third-order valence-electron chi connectivity index (χ3n) is 4.23. The fourth-order valence-corrected chi connectivity index (χ4v) is 3.51. The molecule has 0 bridgehead atoms. The van der Waals surface area contributed by atoms with Crippen LogP contribution in [-0.4, -0.2) is 30.5 Å². The molecule has 4 heteroatoms. The van der Waals surface area contributed by atoms with Gasteiger partial charge in [0.25, 0.3) is 0 Å². The second kappa shape index (κ2) is 18.9. The summed E-state index contributed by atoms with van der Waals surface area (Å²) >= 11 is 1.88. The van der Waals surface area contributed by atoms with E-state index < -0.39 is 0 Å². The zero-order valence-corrected chi connectivity index (χ0v) is 18.3. The van der Waals surface area contributed by atoms with Gasteiger partial charge in [-0.05, 0) is 24.7 Å². The van der Waals surface area contributed by atoms with Gasteiger partial charge < -0.3 is 9.64 Å². The van der Waals surface area contributed by atoms with E-state index in [0.29, 0.717) is 0 Å². The number of ether oxygens (including phenoxy) is 1. The van der Waals surface area contributed by atoms with Crippen molar-refractivity contribution in [3.05, 3.63) is 11.6 Å². The summed E-state index contributed by atoms with van der Waals surface area (Å²) < 4.78 is 5.73. The highest BCUT2D eigenvalue weighted by Gasteiger charge is 2.03. The third-order valence-corrected chi connectivity index (χ3v) is 5.03. The van der Waals surface area contributed by atoms with Crippen molar-refractivity contribution in [2.75, 3.05) is 25.6 Å². The first-order valence-corrected chi connectivity index (χ1v) is 10.6. The highest BCUT2D eigenvalue weighted by Crippen LogP contribution is 2.15. The van der Waals surface area contributed by atoms with Crippen LogP contribution in [0.1, 0.15) is 84.0 Å². The quantitative estimate of drug-likeness (QED) is 0.188. The largest absolute Gasteiger partial charge is 0.381 e. The van der Waals surface area contributed by atoms with E-state index in [0.717, 1.165) is 19.1 Å². The minimum Gasteiger partial charge on any atom is -0.381 e. The number of hydrogen-bond acceptors (Lipinski definition) is 3. The summed E-state index contributed by atoms with van der Waals surface area (Å²) in [5, 5.41) is 2.18. The van der Waals surface area contributed by atoms with Gasteiger partial charge in [-0.25, -0.2) is 0 Å². The molecule has 0 unspecified atom stereocenters. The standard InChI is InChI=1S/C19H37NOS.HI/c1-2-3-4-5-6-7-8-9-10-12-16-21-17-13-11-14-20-15-18-22-19-20;/h15,18H,2-14,16-17,19H2,1H3;1H. The topological polar surface area (TPSA) is 12.5 Å². The maximum atomic E-state index is 5.73. The molecule has 138 valence electrons. The number of halogens is 1. The lowest BCUT2D eigenvalue weighted by Gasteiger charge is -2.13. The van der Waals surface area contributed by atoms with Crippen molar-refractivity contribution < 1.29 is 4.74 Å². The average molecular weight is 455 g/mol. The van der Waals surface area contributed by atoms with Crippen molar-refractivity contribution >= 4 is 35.7 Å². The molecule has 0 spiro atoms. The van der Waals surface area contributed by atoms with E-state index in [4.69, 9.17) is 4.74 Å². The van der Waals surface area contributed by atoms with Gasteiger partial charge in [0.2, 0.25) is 0 Å². The molecule has 0 saturated heterocycles. The molecule has 1 heterocycles. The van der Waals surface area contributed by atoms with Crippen molar-refractivity contribution in [3.8, 4) is 0 Å². The Hall–Kier alpha value is 0.580. The molecule has 1 aliphatic heterocycles. The zero-order chi connectivity index (χ0) is 15.7. The molecular formula is C19H38INOS. The van der Waals surface area contributed by atoms with Gasteiger partial charge in [0.15, 0.2) is 0 Å². The van der Waals surface area contributed by atoms with Crippen LogP contribution in [0.15, 0.2) is 11.6 Å². The van der Waals surface area contributed by atoms with Gasteiger partial charge >= 0.3 is 0 Å². The fraction of sp³-hybridized carbons (Fsp3) is 0.895. The number of rotatable bonds is 16. The van der Waals surface area contributed by atoms with Gasteiger partial charge in [0, 0.05) is 26.0 Å². The lowest BCUT2D eigenvalue weighted by Crippen LogP contribution is -2.15.